The minimum Gasteiger partial charge on any atom is -0.484 e. The van der Waals surface area contributed by atoms with Crippen molar-refractivity contribution in [3.8, 4) is 11.5 Å². The van der Waals surface area contributed by atoms with Gasteiger partial charge in [0.25, 0.3) is 17.5 Å². The number of nitrogens with zero attached hydrogens (tertiary/aromatic N) is 1. The van der Waals surface area contributed by atoms with Gasteiger partial charge in [0.1, 0.15) is 11.5 Å². The summed E-state index contributed by atoms with van der Waals surface area (Å²) in [5.41, 5.74) is 5.56. The van der Waals surface area contributed by atoms with Gasteiger partial charge in [-0.05, 0) is 42.7 Å². The monoisotopic (exact) mass is 401 g/mol. The quantitative estimate of drug-likeness (QED) is 0.518. The third-order valence-corrected chi connectivity index (χ3v) is 3.97. The number of non-ortho nitro benzene ring substituents is 1. The van der Waals surface area contributed by atoms with Crippen molar-refractivity contribution in [2.24, 2.45) is 0 Å². The number of hydrogen-bond acceptors (Lipinski definition) is 6. The molecule has 9 nitrogen and oxygen atoms in total. The van der Waals surface area contributed by atoms with Crippen LogP contribution < -0.4 is 20.3 Å². The molecular weight excluding hydrogens is 378 g/mol. The van der Waals surface area contributed by atoms with Gasteiger partial charge in [-0.1, -0.05) is 26.0 Å². The van der Waals surface area contributed by atoms with Crippen molar-refractivity contribution >= 4 is 17.5 Å². The lowest BCUT2D eigenvalue weighted by Gasteiger charge is -2.16. The van der Waals surface area contributed by atoms with Gasteiger partial charge in [-0.15, -0.1) is 0 Å². The van der Waals surface area contributed by atoms with Gasteiger partial charge in [-0.25, -0.2) is 0 Å². The van der Waals surface area contributed by atoms with E-state index in [0.29, 0.717) is 17.4 Å². The highest BCUT2D eigenvalue weighted by molar-refractivity contribution is 5.85. The Morgan fingerprint density at radius 2 is 1.55 bits per heavy atom. The first-order chi connectivity index (χ1) is 13.8. The van der Waals surface area contributed by atoms with Crippen molar-refractivity contribution in [3.63, 3.8) is 0 Å². The van der Waals surface area contributed by atoms with E-state index in [1.807, 2.05) is 12.1 Å². The summed E-state index contributed by atoms with van der Waals surface area (Å²) in [5.74, 6) is 0.114. The van der Waals surface area contributed by atoms with Crippen LogP contribution in [0.2, 0.25) is 0 Å². The van der Waals surface area contributed by atoms with Crippen molar-refractivity contribution in [1.29, 1.82) is 0 Å². The lowest BCUT2D eigenvalue weighted by molar-refractivity contribution is -0.384. The van der Waals surface area contributed by atoms with Crippen LogP contribution in [0.3, 0.4) is 0 Å². The molecule has 0 aromatic heterocycles. The number of nitro groups is 1. The zero-order valence-electron chi connectivity index (χ0n) is 16.4. The minimum absolute atomic E-state index is 0.0816. The first-order valence-electron chi connectivity index (χ1n) is 8.99. The molecule has 0 spiro atoms. The van der Waals surface area contributed by atoms with Gasteiger partial charge in [0, 0.05) is 12.1 Å². The molecule has 2 N–H and O–H groups in total. The van der Waals surface area contributed by atoms with Crippen LogP contribution in [0, 0.1) is 10.1 Å². The van der Waals surface area contributed by atoms with Crippen molar-refractivity contribution in [2.45, 2.75) is 32.8 Å². The van der Waals surface area contributed by atoms with Crippen LogP contribution in [0.15, 0.2) is 48.5 Å². The average molecular weight is 401 g/mol. The predicted octanol–water partition coefficient (Wildman–Crippen LogP) is 2.71. The molecule has 2 amide bonds. The number of carbonyl (C=O) groups is 2. The summed E-state index contributed by atoms with van der Waals surface area (Å²) in [5, 5.41) is 10.6. The second-order valence-corrected chi connectivity index (χ2v) is 6.56. The fraction of sp³-hybridized carbons (Fsp3) is 0.300. The zero-order chi connectivity index (χ0) is 21.4. The SMILES string of the molecule is CC(C)c1ccc(O[C@@H](C)C(=O)NNC(=O)COc2ccc([N+](=O)[O-])cc2)cc1. The third kappa shape index (κ3) is 6.80. The molecule has 0 aliphatic heterocycles. The van der Waals surface area contributed by atoms with E-state index in [4.69, 9.17) is 9.47 Å². The number of benzene rings is 2. The lowest BCUT2D eigenvalue weighted by atomic mass is 10.0. The van der Waals surface area contributed by atoms with Crippen LogP contribution in [-0.4, -0.2) is 29.4 Å². The van der Waals surface area contributed by atoms with Crippen molar-refractivity contribution in [3.05, 3.63) is 64.2 Å². The number of hydrogen-bond donors (Lipinski definition) is 2. The number of nitro benzene ring substituents is 1. The van der Waals surface area contributed by atoms with Crippen LogP contribution in [-0.2, 0) is 9.59 Å². The molecule has 29 heavy (non-hydrogen) atoms. The minimum atomic E-state index is -0.823. The molecule has 2 aromatic carbocycles. The van der Waals surface area contributed by atoms with Gasteiger partial charge in [0.2, 0.25) is 0 Å². The van der Waals surface area contributed by atoms with Gasteiger partial charge in [-0.2, -0.15) is 0 Å². The largest absolute Gasteiger partial charge is 0.484 e. The second-order valence-electron chi connectivity index (χ2n) is 6.56. The Hall–Kier alpha value is -3.62. The van der Waals surface area contributed by atoms with E-state index >= 15 is 0 Å². The van der Waals surface area contributed by atoms with E-state index < -0.39 is 22.8 Å². The normalized spacial score (nSPS) is 11.4. The maximum absolute atomic E-state index is 12.0. The molecule has 0 saturated carbocycles. The Morgan fingerprint density at radius 3 is 2.10 bits per heavy atom. The first kappa shape index (κ1) is 21.7. The molecular formula is C20H23N3O6. The fourth-order valence-corrected chi connectivity index (χ4v) is 2.27. The molecule has 0 saturated heterocycles. The molecule has 2 aromatic rings. The summed E-state index contributed by atoms with van der Waals surface area (Å²) >= 11 is 0. The maximum Gasteiger partial charge on any atom is 0.279 e. The zero-order valence-corrected chi connectivity index (χ0v) is 16.4. The number of hydrazine groups is 1. The highest BCUT2D eigenvalue weighted by atomic mass is 16.6. The van der Waals surface area contributed by atoms with E-state index in [1.54, 1.807) is 19.1 Å². The second kappa shape index (κ2) is 10.1. The highest BCUT2D eigenvalue weighted by Crippen LogP contribution is 2.19. The molecule has 0 unspecified atom stereocenters. The van der Waals surface area contributed by atoms with Crippen LogP contribution >= 0.6 is 0 Å². The molecule has 0 heterocycles. The molecule has 9 heteroatoms. The molecule has 0 fully saturated rings. The predicted molar refractivity (Wildman–Crippen MR) is 105 cm³/mol. The van der Waals surface area contributed by atoms with Gasteiger partial charge in [-0.3, -0.25) is 30.6 Å². The topological polar surface area (TPSA) is 120 Å². The van der Waals surface area contributed by atoms with E-state index in [2.05, 4.69) is 24.7 Å². The van der Waals surface area contributed by atoms with E-state index in [-0.39, 0.29) is 12.3 Å². The number of rotatable bonds is 8. The highest BCUT2D eigenvalue weighted by Gasteiger charge is 2.16. The molecule has 0 aliphatic carbocycles. The summed E-state index contributed by atoms with van der Waals surface area (Å²) in [6, 6.07) is 12.7. The van der Waals surface area contributed by atoms with Crippen LogP contribution in [0.25, 0.3) is 0 Å². The maximum atomic E-state index is 12.0. The van der Waals surface area contributed by atoms with E-state index in [9.17, 15) is 19.7 Å². The van der Waals surface area contributed by atoms with Gasteiger partial charge in [0.15, 0.2) is 12.7 Å². The first-order valence-corrected chi connectivity index (χ1v) is 8.99. The number of amides is 2. The molecule has 0 bridgehead atoms. The Labute approximate surface area is 168 Å². The summed E-state index contributed by atoms with van der Waals surface area (Å²) in [6.45, 7) is 5.36. The third-order valence-electron chi connectivity index (χ3n) is 3.97. The fourth-order valence-electron chi connectivity index (χ4n) is 2.27. The molecule has 154 valence electrons. The standard InChI is InChI=1S/C20H23N3O6/c1-13(2)15-4-8-18(9-5-15)29-14(3)20(25)22-21-19(24)12-28-17-10-6-16(7-11-17)23(26)27/h4-11,13-14H,12H2,1-3H3,(H,21,24)(H,22,25)/t14-/m0/s1. The summed E-state index contributed by atoms with van der Waals surface area (Å²) in [6.07, 6.45) is -0.823. The number of nitrogens with one attached hydrogen (secondary N) is 2. The average Bonchev–Trinajstić information content (AvgIpc) is 2.71. The molecule has 0 aliphatic rings. The van der Waals surface area contributed by atoms with Crippen LogP contribution in [0.1, 0.15) is 32.3 Å². The lowest BCUT2D eigenvalue weighted by Crippen LogP contribution is -2.48. The molecule has 0 radical (unpaired) electrons. The summed E-state index contributed by atoms with van der Waals surface area (Å²) in [4.78, 5) is 33.9. The summed E-state index contributed by atoms with van der Waals surface area (Å²) in [7, 11) is 0. The van der Waals surface area contributed by atoms with Crippen molar-refractivity contribution in [1.82, 2.24) is 10.9 Å². The summed E-state index contributed by atoms with van der Waals surface area (Å²) < 4.78 is 10.8. The van der Waals surface area contributed by atoms with E-state index in [0.717, 1.165) is 5.56 Å². The van der Waals surface area contributed by atoms with E-state index in [1.165, 1.54) is 24.3 Å². The number of ether oxygens (including phenoxy) is 2. The molecule has 2 rings (SSSR count). The van der Waals surface area contributed by atoms with Gasteiger partial charge >= 0.3 is 0 Å². The van der Waals surface area contributed by atoms with Crippen molar-refractivity contribution in [2.75, 3.05) is 6.61 Å². The Balaban J connectivity index is 1.74. The molecule has 1 atom stereocenters. The Morgan fingerprint density at radius 1 is 0.966 bits per heavy atom. The number of carbonyl (C=O) groups excluding carboxylic acids is 2. The van der Waals surface area contributed by atoms with Gasteiger partial charge < -0.3 is 9.47 Å². The smallest absolute Gasteiger partial charge is 0.279 e. The Bertz CT molecular complexity index is 850. The van der Waals surface area contributed by atoms with Crippen molar-refractivity contribution < 1.29 is 24.0 Å². The van der Waals surface area contributed by atoms with Crippen LogP contribution in [0.5, 0.6) is 11.5 Å². The van der Waals surface area contributed by atoms with Crippen LogP contribution in [0.4, 0.5) is 5.69 Å². The van der Waals surface area contributed by atoms with Gasteiger partial charge in [0.05, 0.1) is 4.92 Å². The Kier molecular flexibility index (Phi) is 7.53.